The fraction of sp³-hybridized carbons (Fsp3) is 0.250. The Morgan fingerprint density at radius 1 is 1.27 bits per heavy atom. The molecule has 0 radical (unpaired) electrons. The second-order valence-corrected chi connectivity index (χ2v) is 6.22. The summed E-state index contributed by atoms with van der Waals surface area (Å²) in [7, 11) is 1.63. The van der Waals surface area contributed by atoms with Crippen LogP contribution in [0.1, 0.15) is 28.7 Å². The average molecular weight is 352 g/mol. The average Bonchev–Trinajstić information content (AvgIpc) is 2.78. The van der Waals surface area contributed by atoms with Crippen molar-refractivity contribution in [2.45, 2.75) is 19.4 Å². The summed E-state index contributed by atoms with van der Waals surface area (Å²) in [5, 5.41) is 13.3. The third-order valence-electron chi connectivity index (χ3n) is 4.32. The van der Waals surface area contributed by atoms with Crippen LogP contribution in [0.3, 0.4) is 0 Å². The van der Waals surface area contributed by atoms with Gasteiger partial charge >= 0.3 is 5.97 Å². The van der Waals surface area contributed by atoms with E-state index in [1.54, 1.807) is 13.1 Å². The molecule has 0 fully saturated rings. The summed E-state index contributed by atoms with van der Waals surface area (Å²) in [6.07, 6.45) is 2.65. The molecule has 0 aliphatic carbocycles. The number of carbonyl (C=O) groups is 1. The van der Waals surface area contributed by atoms with Crippen LogP contribution in [0.2, 0.25) is 0 Å². The molecule has 0 aromatic heterocycles. The minimum absolute atomic E-state index is 0.0417. The van der Waals surface area contributed by atoms with E-state index in [-0.39, 0.29) is 6.42 Å². The van der Waals surface area contributed by atoms with Crippen LogP contribution in [0.5, 0.6) is 5.75 Å². The highest BCUT2D eigenvalue weighted by Crippen LogP contribution is 2.37. The minimum atomic E-state index is -0.871. The molecule has 0 atom stereocenters. The number of nitroso groups, excluding NO2 is 1. The van der Waals surface area contributed by atoms with Gasteiger partial charge < -0.3 is 9.84 Å². The Kier molecular flexibility index (Phi) is 5.31. The summed E-state index contributed by atoms with van der Waals surface area (Å²) in [6.45, 7) is 0.953. The monoisotopic (exact) mass is 352 g/mol. The molecule has 6 heteroatoms. The van der Waals surface area contributed by atoms with Crippen LogP contribution in [0.15, 0.2) is 53.8 Å². The molecule has 0 unspecified atom stereocenters. The molecule has 3 rings (SSSR count). The Hall–Kier alpha value is -3.15. The maximum Gasteiger partial charge on any atom is 0.307 e. The molecule has 26 heavy (non-hydrogen) atoms. The smallest absolute Gasteiger partial charge is 0.307 e. The molecule has 2 aromatic rings. The highest BCUT2D eigenvalue weighted by atomic mass is 16.5. The third kappa shape index (κ3) is 3.91. The van der Waals surface area contributed by atoms with Gasteiger partial charge in [0.25, 0.3) is 0 Å². The van der Waals surface area contributed by atoms with Crippen molar-refractivity contribution in [2.75, 3.05) is 13.6 Å². The van der Waals surface area contributed by atoms with Gasteiger partial charge in [0, 0.05) is 19.2 Å². The first kappa shape index (κ1) is 17.7. The number of hydrogen-bond donors (Lipinski definition) is 1. The highest BCUT2D eigenvalue weighted by molar-refractivity contribution is 5.85. The SMILES string of the molecule is CN(CC/C=C1/c2ccccc2COc2ccc(CC(=O)O)cc21)N=O. The van der Waals surface area contributed by atoms with E-state index in [2.05, 4.69) is 11.4 Å². The molecular formula is C20H20N2O4. The second kappa shape index (κ2) is 7.82. The number of benzene rings is 2. The van der Waals surface area contributed by atoms with Crippen LogP contribution in [-0.2, 0) is 17.8 Å². The molecule has 0 amide bonds. The Labute approximate surface area is 151 Å². The molecule has 2 aromatic carbocycles. The lowest BCUT2D eigenvalue weighted by molar-refractivity contribution is -0.136. The Balaban J connectivity index is 2.05. The number of carboxylic acid groups (broad SMARTS) is 1. The number of ether oxygens (including phenoxy) is 1. The van der Waals surface area contributed by atoms with Gasteiger partial charge in [0.15, 0.2) is 0 Å². The fourth-order valence-electron chi connectivity index (χ4n) is 3.06. The lowest BCUT2D eigenvalue weighted by Crippen LogP contribution is -2.10. The molecule has 0 saturated carbocycles. The lowest BCUT2D eigenvalue weighted by atomic mass is 9.92. The third-order valence-corrected chi connectivity index (χ3v) is 4.32. The first-order valence-corrected chi connectivity index (χ1v) is 8.39. The number of fused-ring (bicyclic) bond motifs is 2. The molecular weight excluding hydrogens is 332 g/mol. The minimum Gasteiger partial charge on any atom is -0.488 e. The molecule has 1 aliphatic heterocycles. The summed E-state index contributed by atoms with van der Waals surface area (Å²) < 4.78 is 5.95. The zero-order valence-corrected chi connectivity index (χ0v) is 14.5. The van der Waals surface area contributed by atoms with Gasteiger partial charge in [0.05, 0.1) is 11.7 Å². The first-order chi connectivity index (χ1) is 12.6. The first-order valence-electron chi connectivity index (χ1n) is 8.39. The lowest BCUT2D eigenvalue weighted by Gasteiger charge is -2.13. The van der Waals surface area contributed by atoms with Gasteiger partial charge in [-0.25, -0.2) is 0 Å². The van der Waals surface area contributed by atoms with E-state index in [1.165, 1.54) is 5.01 Å². The van der Waals surface area contributed by atoms with Gasteiger partial charge in [-0.15, -0.1) is 4.91 Å². The Morgan fingerprint density at radius 2 is 2.08 bits per heavy atom. The largest absolute Gasteiger partial charge is 0.488 e. The predicted molar refractivity (Wildman–Crippen MR) is 98.7 cm³/mol. The molecule has 6 nitrogen and oxygen atoms in total. The summed E-state index contributed by atoms with van der Waals surface area (Å²) in [5.41, 5.74) is 4.70. The van der Waals surface area contributed by atoms with E-state index in [0.29, 0.717) is 19.6 Å². The zero-order valence-electron chi connectivity index (χ0n) is 14.5. The molecule has 1 heterocycles. The Bertz CT molecular complexity index is 861. The molecule has 0 saturated heterocycles. The van der Waals surface area contributed by atoms with Crippen molar-refractivity contribution in [1.29, 1.82) is 0 Å². The topological polar surface area (TPSA) is 79.2 Å². The molecule has 134 valence electrons. The van der Waals surface area contributed by atoms with Crippen molar-refractivity contribution < 1.29 is 14.6 Å². The van der Waals surface area contributed by atoms with Crippen molar-refractivity contribution in [1.82, 2.24) is 5.01 Å². The predicted octanol–water partition coefficient (Wildman–Crippen LogP) is 3.64. The quantitative estimate of drug-likeness (QED) is 0.634. The summed E-state index contributed by atoms with van der Waals surface area (Å²) >= 11 is 0. The highest BCUT2D eigenvalue weighted by Gasteiger charge is 2.19. The maximum absolute atomic E-state index is 11.1. The van der Waals surface area contributed by atoms with Crippen molar-refractivity contribution in [3.8, 4) is 5.75 Å². The molecule has 0 spiro atoms. The number of carboxylic acids is 1. The van der Waals surface area contributed by atoms with Crippen LogP contribution in [0.4, 0.5) is 0 Å². The number of hydrogen-bond acceptors (Lipinski definition) is 4. The van der Waals surface area contributed by atoms with Crippen LogP contribution >= 0.6 is 0 Å². The standard InChI is InChI=1S/C20H20N2O4/c1-22(21-25)10-4-7-17-16-6-3-2-5-15(16)13-26-19-9-8-14(11-18(17)19)12-20(23)24/h2-3,5-9,11H,4,10,12-13H2,1H3,(H,23,24)/b17-7-. The van der Waals surface area contributed by atoms with Crippen LogP contribution in [-0.4, -0.2) is 29.7 Å². The summed E-state index contributed by atoms with van der Waals surface area (Å²) in [5.74, 6) is -0.146. The number of nitrogens with zero attached hydrogens (tertiary/aromatic N) is 2. The molecule has 0 bridgehead atoms. The molecule has 1 N–H and O–H groups in total. The zero-order chi connectivity index (χ0) is 18.5. The summed E-state index contributed by atoms with van der Waals surface area (Å²) in [6, 6.07) is 13.5. The van der Waals surface area contributed by atoms with E-state index in [9.17, 15) is 9.70 Å². The van der Waals surface area contributed by atoms with Crippen molar-refractivity contribution in [2.24, 2.45) is 5.29 Å². The van der Waals surface area contributed by atoms with Gasteiger partial charge in [-0.2, -0.15) is 0 Å². The second-order valence-electron chi connectivity index (χ2n) is 6.22. The van der Waals surface area contributed by atoms with Gasteiger partial charge in [-0.3, -0.25) is 9.80 Å². The number of rotatable bonds is 6. The van der Waals surface area contributed by atoms with Crippen LogP contribution in [0, 0.1) is 4.91 Å². The van der Waals surface area contributed by atoms with E-state index < -0.39 is 5.97 Å². The fourth-order valence-corrected chi connectivity index (χ4v) is 3.06. The van der Waals surface area contributed by atoms with E-state index >= 15 is 0 Å². The molecule has 1 aliphatic rings. The van der Waals surface area contributed by atoms with Gasteiger partial charge in [0.2, 0.25) is 0 Å². The van der Waals surface area contributed by atoms with Gasteiger partial charge in [-0.05, 0) is 40.8 Å². The summed E-state index contributed by atoms with van der Waals surface area (Å²) in [4.78, 5) is 21.6. The van der Waals surface area contributed by atoms with Crippen LogP contribution < -0.4 is 4.74 Å². The van der Waals surface area contributed by atoms with Crippen molar-refractivity contribution in [3.63, 3.8) is 0 Å². The van der Waals surface area contributed by atoms with Crippen molar-refractivity contribution in [3.05, 3.63) is 75.7 Å². The van der Waals surface area contributed by atoms with Crippen molar-refractivity contribution >= 4 is 11.5 Å². The maximum atomic E-state index is 11.1. The Morgan fingerprint density at radius 3 is 2.85 bits per heavy atom. The van der Waals surface area contributed by atoms with E-state index in [4.69, 9.17) is 9.84 Å². The van der Waals surface area contributed by atoms with Gasteiger partial charge in [0.1, 0.15) is 12.4 Å². The van der Waals surface area contributed by atoms with Gasteiger partial charge in [-0.1, -0.05) is 36.4 Å². The number of aliphatic carboxylic acids is 1. The normalized spacial score (nSPS) is 14.0. The van der Waals surface area contributed by atoms with E-state index in [1.807, 2.05) is 36.4 Å². The van der Waals surface area contributed by atoms with E-state index in [0.717, 1.165) is 33.6 Å². The van der Waals surface area contributed by atoms with Crippen LogP contribution in [0.25, 0.3) is 5.57 Å².